The van der Waals surface area contributed by atoms with E-state index in [4.69, 9.17) is 16.5 Å². The number of nitrogens with two attached hydrogens (primary N) is 2. The van der Waals surface area contributed by atoms with Crippen LogP contribution in [0.5, 0.6) is 0 Å². The van der Waals surface area contributed by atoms with Crippen LogP contribution in [-0.4, -0.2) is 21.1 Å². The van der Waals surface area contributed by atoms with Crippen molar-refractivity contribution >= 4 is 50.3 Å². The number of imidazole rings is 1. The zero-order valence-electron chi connectivity index (χ0n) is 12.6. The maximum absolute atomic E-state index is 6.18. The lowest BCUT2D eigenvalue weighted by atomic mass is 10.2. The second-order valence-electron chi connectivity index (χ2n) is 5.40. The molecule has 0 aliphatic rings. The van der Waals surface area contributed by atoms with Crippen molar-refractivity contribution in [2.45, 2.75) is 32.7 Å². The number of pyridine rings is 1. The van der Waals surface area contributed by atoms with Crippen molar-refractivity contribution < 1.29 is 0 Å². The quantitative estimate of drug-likeness (QED) is 0.635. The van der Waals surface area contributed by atoms with Crippen LogP contribution < -0.4 is 11.5 Å². The van der Waals surface area contributed by atoms with E-state index in [1.807, 2.05) is 12.1 Å². The fourth-order valence-corrected chi connectivity index (χ4v) is 3.46. The number of halogens is 1. The minimum Gasteiger partial charge on any atom is -0.382 e. The summed E-state index contributed by atoms with van der Waals surface area (Å²) in [4.78, 5) is 9.33. The minimum atomic E-state index is 0.500. The number of nitrogen functional groups attached to an aromatic ring is 1. The van der Waals surface area contributed by atoms with Gasteiger partial charge >= 0.3 is 0 Å². The molecule has 0 saturated carbocycles. The summed E-state index contributed by atoms with van der Waals surface area (Å²) in [7, 11) is 0. The smallest absolute Gasteiger partial charge is 0.152 e. The summed E-state index contributed by atoms with van der Waals surface area (Å²) >= 11 is 2.30. The Kier molecular flexibility index (Phi) is 4.49. The molecule has 0 amide bonds. The number of anilines is 1. The van der Waals surface area contributed by atoms with E-state index >= 15 is 0 Å². The predicted molar refractivity (Wildman–Crippen MR) is 99.8 cm³/mol. The molecule has 0 bridgehead atoms. The fourth-order valence-electron chi connectivity index (χ4n) is 2.84. The number of nitrogens with zero attached hydrogens (tertiary/aromatic N) is 3. The van der Waals surface area contributed by atoms with Crippen LogP contribution in [0.15, 0.2) is 18.2 Å². The maximum Gasteiger partial charge on any atom is 0.152 e. The molecule has 0 aliphatic carbocycles. The van der Waals surface area contributed by atoms with E-state index in [0.717, 1.165) is 57.1 Å². The highest BCUT2D eigenvalue weighted by atomic mass is 127. The molecule has 0 radical (unpaired) electrons. The average Bonchev–Trinajstić information content (AvgIpc) is 2.87. The van der Waals surface area contributed by atoms with Gasteiger partial charge in [0.1, 0.15) is 11.3 Å². The van der Waals surface area contributed by atoms with Gasteiger partial charge in [-0.05, 0) is 35.1 Å². The molecule has 2 heterocycles. The molecule has 2 aromatic heterocycles. The first kappa shape index (κ1) is 15.5. The molecule has 0 atom stereocenters. The van der Waals surface area contributed by atoms with Crippen LogP contribution in [-0.2, 0) is 13.0 Å². The lowest BCUT2D eigenvalue weighted by Gasteiger charge is -2.10. The molecular formula is C16H20IN5. The van der Waals surface area contributed by atoms with Gasteiger partial charge in [-0.3, -0.25) is 0 Å². The van der Waals surface area contributed by atoms with E-state index in [1.54, 1.807) is 0 Å². The summed E-state index contributed by atoms with van der Waals surface area (Å²) in [6.45, 7) is 3.52. The number of aryl methyl sites for hydroxylation is 1. The first-order valence-corrected chi connectivity index (χ1v) is 8.68. The number of aromatic nitrogens is 3. The summed E-state index contributed by atoms with van der Waals surface area (Å²) in [5, 5.41) is 1.10. The zero-order valence-corrected chi connectivity index (χ0v) is 14.8. The largest absolute Gasteiger partial charge is 0.382 e. The standard InChI is InChI=1S/C16H20IN5/c1-2-3-7-12-20-14-15(22(12)9-8-18)10-5-4-6-11(17)13(10)21-16(14)19/h4-6H,2-3,7-9,18H2,1H3,(H2,19,21). The second kappa shape index (κ2) is 6.37. The van der Waals surface area contributed by atoms with E-state index in [-0.39, 0.29) is 0 Å². The third kappa shape index (κ3) is 2.54. The van der Waals surface area contributed by atoms with Crippen LogP contribution in [0.3, 0.4) is 0 Å². The fraction of sp³-hybridized carbons (Fsp3) is 0.375. The van der Waals surface area contributed by atoms with Crippen LogP contribution in [0.2, 0.25) is 0 Å². The molecule has 4 N–H and O–H groups in total. The number of hydrogen-bond donors (Lipinski definition) is 2. The SMILES string of the molecule is CCCCc1nc2c(N)nc3c(I)cccc3c2n1CCN. The lowest BCUT2D eigenvalue weighted by molar-refractivity contribution is 0.652. The molecule has 0 saturated heterocycles. The van der Waals surface area contributed by atoms with Crippen molar-refractivity contribution in [3.8, 4) is 0 Å². The topological polar surface area (TPSA) is 82.8 Å². The van der Waals surface area contributed by atoms with Crippen molar-refractivity contribution in [3.63, 3.8) is 0 Å². The molecular weight excluding hydrogens is 389 g/mol. The Balaban J connectivity index is 2.36. The number of unbranched alkanes of at least 4 members (excludes halogenated alkanes) is 1. The van der Waals surface area contributed by atoms with Gasteiger partial charge in [0.25, 0.3) is 0 Å². The van der Waals surface area contributed by atoms with E-state index in [2.05, 4.69) is 45.1 Å². The lowest BCUT2D eigenvalue weighted by Crippen LogP contribution is -2.13. The van der Waals surface area contributed by atoms with Gasteiger partial charge in [0.2, 0.25) is 0 Å². The molecule has 0 fully saturated rings. The molecule has 6 heteroatoms. The van der Waals surface area contributed by atoms with Crippen molar-refractivity contribution in [2.75, 3.05) is 12.3 Å². The summed E-state index contributed by atoms with van der Waals surface area (Å²) in [5.41, 5.74) is 14.8. The Morgan fingerprint density at radius 2 is 2.05 bits per heavy atom. The molecule has 0 unspecified atom stereocenters. The molecule has 0 spiro atoms. The Hall–Kier alpha value is -1.41. The van der Waals surface area contributed by atoms with Gasteiger partial charge in [-0.15, -0.1) is 0 Å². The Morgan fingerprint density at radius 1 is 1.23 bits per heavy atom. The Morgan fingerprint density at radius 3 is 2.77 bits per heavy atom. The second-order valence-corrected chi connectivity index (χ2v) is 6.56. The third-order valence-corrected chi connectivity index (χ3v) is 4.74. The highest BCUT2D eigenvalue weighted by Gasteiger charge is 2.17. The Bertz CT molecular complexity index is 824. The van der Waals surface area contributed by atoms with Gasteiger partial charge in [0.15, 0.2) is 5.82 Å². The van der Waals surface area contributed by atoms with Crippen molar-refractivity contribution in [2.24, 2.45) is 5.73 Å². The molecule has 3 rings (SSSR count). The molecule has 22 heavy (non-hydrogen) atoms. The van der Waals surface area contributed by atoms with E-state index < -0.39 is 0 Å². The van der Waals surface area contributed by atoms with Crippen LogP contribution in [0.1, 0.15) is 25.6 Å². The van der Waals surface area contributed by atoms with Crippen LogP contribution in [0, 0.1) is 3.57 Å². The van der Waals surface area contributed by atoms with Crippen LogP contribution >= 0.6 is 22.6 Å². The maximum atomic E-state index is 6.18. The first-order valence-electron chi connectivity index (χ1n) is 7.60. The number of benzene rings is 1. The number of fused-ring (bicyclic) bond motifs is 3. The number of hydrogen-bond acceptors (Lipinski definition) is 4. The van der Waals surface area contributed by atoms with Crippen molar-refractivity contribution in [3.05, 3.63) is 27.6 Å². The highest BCUT2D eigenvalue weighted by Crippen LogP contribution is 2.31. The first-order chi connectivity index (χ1) is 10.7. The normalized spacial score (nSPS) is 11.6. The van der Waals surface area contributed by atoms with Crippen LogP contribution in [0.25, 0.3) is 21.9 Å². The van der Waals surface area contributed by atoms with Gasteiger partial charge in [-0.25, -0.2) is 9.97 Å². The average molecular weight is 409 g/mol. The number of para-hydroxylation sites is 1. The van der Waals surface area contributed by atoms with Crippen molar-refractivity contribution in [1.82, 2.24) is 14.5 Å². The van der Waals surface area contributed by atoms with Gasteiger partial charge < -0.3 is 16.0 Å². The monoisotopic (exact) mass is 409 g/mol. The predicted octanol–water partition coefficient (Wildman–Crippen LogP) is 3.07. The van der Waals surface area contributed by atoms with E-state index in [0.29, 0.717) is 12.4 Å². The van der Waals surface area contributed by atoms with Gasteiger partial charge in [0.05, 0.1) is 11.0 Å². The summed E-state index contributed by atoms with van der Waals surface area (Å²) in [6.07, 6.45) is 3.19. The molecule has 5 nitrogen and oxygen atoms in total. The highest BCUT2D eigenvalue weighted by molar-refractivity contribution is 14.1. The van der Waals surface area contributed by atoms with E-state index in [1.165, 1.54) is 0 Å². The van der Waals surface area contributed by atoms with Crippen LogP contribution in [0.4, 0.5) is 5.82 Å². The van der Waals surface area contributed by atoms with Gasteiger partial charge in [0, 0.05) is 28.5 Å². The third-order valence-electron chi connectivity index (χ3n) is 3.87. The molecule has 1 aromatic carbocycles. The zero-order chi connectivity index (χ0) is 15.7. The summed E-state index contributed by atoms with van der Waals surface area (Å²) in [5.74, 6) is 1.56. The van der Waals surface area contributed by atoms with Crippen molar-refractivity contribution in [1.29, 1.82) is 0 Å². The summed E-state index contributed by atoms with van der Waals surface area (Å²) in [6, 6.07) is 6.18. The van der Waals surface area contributed by atoms with Gasteiger partial charge in [-0.2, -0.15) is 0 Å². The Labute approximate surface area is 143 Å². The number of rotatable bonds is 5. The molecule has 3 aromatic rings. The minimum absolute atomic E-state index is 0.500. The molecule has 0 aliphatic heterocycles. The molecule has 116 valence electrons. The van der Waals surface area contributed by atoms with Gasteiger partial charge in [-0.1, -0.05) is 25.5 Å². The van der Waals surface area contributed by atoms with E-state index in [9.17, 15) is 0 Å². The summed E-state index contributed by atoms with van der Waals surface area (Å²) < 4.78 is 3.32.